The molecule has 2 saturated carbocycles. The van der Waals surface area contributed by atoms with E-state index in [4.69, 9.17) is 19.9 Å². The van der Waals surface area contributed by atoms with Crippen LogP contribution in [0.3, 0.4) is 0 Å². The van der Waals surface area contributed by atoms with Crippen molar-refractivity contribution in [2.45, 2.75) is 104 Å². The lowest BCUT2D eigenvalue weighted by Gasteiger charge is -2.32. The molecule has 0 aliphatic heterocycles. The fourth-order valence-electron chi connectivity index (χ4n) is 5.69. The second kappa shape index (κ2) is 10.4. The average Bonchev–Trinajstić information content (AvgIpc) is 3.18. The smallest absolute Gasteiger partial charge is 0.184 e. The van der Waals surface area contributed by atoms with E-state index in [0.29, 0.717) is 35.3 Å². The highest BCUT2D eigenvalue weighted by atomic mass is 16.3. The third kappa shape index (κ3) is 5.13. The summed E-state index contributed by atoms with van der Waals surface area (Å²) in [4.78, 5) is 19.4. The van der Waals surface area contributed by atoms with Gasteiger partial charge in [0, 0.05) is 18.8 Å². The number of fused-ring (bicyclic) bond motifs is 1. The number of pyridine rings is 1. The summed E-state index contributed by atoms with van der Waals surface area (Å²) in [7, 11) is 0. The van der Waals surface area contributed by atoms with Crippen molar-refractivity contribution in [3.05, 3.63) is 29.7 Å². The summed E-state index contributed by atoms with van der Waals surface area (Å²) in [6.45, 7) is 11.6. The number of imidazole rings is 1. The van der Waals surface area contributed by atoms with Gasteiger partial charge in [-0.05, 0) is 80.9 Å². The number of aromatic nitrogens is 5. The van der Waals surface area contributed by atoms with Crippen LogP contribution in [0.25, 0.3) is 22.7 Å². The van der Waals surface area contributed by atoms with Crippen molar-refractivity contribution in [1.82, 2.24) is 24.5 Å². The third-order valence-corrected chi connectivity index (χ3v) is 8.47. The highest BCUT2D eigenvalue weighted by Gasteiger charge is 2.28. The Kier molecular flexibility index (Phi) is 7.29. The molecule has 3 aromatic rings. The van der Waals surface area contributed by atoms with Gasteiger partial charge in [0.15, 0.2) is 23.1 Å². The van der Waals surface area contributed by atoms with Crippen molar-refractivity contribution in [2.24, 2.45) is 17.8 Å². The van der Waals surface area contributed by atoms with Crippen LogP contribution in [0.2, 0.25) is 0 Å². The van der Waals surface area contributed by atoms with Crippen LogP contribution >= 0.6 is 0 Å². The summed E-state index contributed by atoms with van der Waals surface area (Å²) in [5, 5.41) is 14.1. The van der Waals surface area contributed by atoms with Gasteiger partial charge in [-0.1, -0.05) is 40.0 Å². The van der Waals surface area contributed by atoms with Crippen LogP contribution in [0.4, 0.5) is 5.82 Å². The molecule has 0 radical (unpaired) electrons. The summed E-state index contributed by atoms with van der Waals surface area (Å²) >= 11 is 0. The van der Waals surface area contributed by atoms with Crippen molar-refractivity contribution >= 4 is 17.0 Å². The summed E-state index contributed by atoms with van der Waals surface area (Å²) in [6.07, 6.45) is 9.95. The van der Waals surface area contributed by atoms with E-state index in [0.717, 1.165) is 35.3 Å². The van der Waals surface area contributed by atoms with Gasteiger partial charge in [0.1, 0.15) is 17.3 Å². The number of nitrogens with zero attached hydrogens (tertiary/aromatic N) is 5. The molecule has 3 heterocycles. The number of anilines is 1. The Morgan fingerprint density at radius 1 is 1.03 bits per heavy atom. The maximum atomic E-state index is 10.4. The van der Waals surface area contributed by atoms with E-state index in [-0.39, 0.29) is 0 Å². The molecule has 0 amide bonds. The van der Waals surface area contributed by atoms with Gasteiger partial charge in [0.05, 0.1) is 0 Å². The van der Waals surface area contributed by atoms with E-state index < -0.39 is 6.10 Å². The van der Waals surface area contributed by atoms with Gasteiger partial charge < -0.3 is 15.0 Å². The Morgan fingerprint density at radius 2 is 1.78 bits per heavy atom. The van der Waals surface area contributed by atoms with Crippen LogP contribution in [-0.4, -0.2) is 35.7 Å². The number of hydrogen-bond acceptors (Lipinski definition) is 6. The number of hydrogen-bond donors (Lipinski definition) is 2. The molecule has 194 valence electrons. The summed E-state index contributed by atoms with van der Waals surface area (Å²) in [5.74, 6) is 4.52. The molecule has 7 nitrogen and oxygen atoms in total. The Bertz CT molecular complexity index is 1190. The van der Waals surface area contributed by atoms with Crippen LogP contribution in [0.5, 0.6) is 0 Å². The van der Waals surface area contributed by atoms with Gasteiger partial charge in [-0.3, -0.25) is 4.98 Å². The van der Waals surface area contributed by atoms with E-state index >= 15 is 0 Å². The average molecular weight is 491 g/mol. The third-order valence-electron chi connectivity index (χ3n) is 8.47. The molecule has 2 fully saturated rings. The Morgan fingerprint density at radius 3 is 2.42 bits per heavy atom. The second-order valence-corrected chi connectivity index (χ2v) is 11.7. The topological polar surface area (TPSA) is 88.8 Å². The van der Waals surface area contributed by atoms with Gasteiger partial charge >= 0.3 is 0 Å². The zero-order valence-corrected chi connectivity index (χ0v) is 22.5. The normalized spacial score (nSPS) is 22.5. The first-order valence-corrected chi connectivity index (χ1v) is 14.0. The van der Waals surface area contributed by atoms with Crippen molar-refractivity contribution in [2.75, 3.05) is 5.32 Å². The first-order valence-electron chi connectivity index (χ1n) is 14.0. The first-order chi connectivity index (χ1) is 17.3. The monoisotopic (exact) mass is 490 g/mol. The number of aliphatic hydroxyl groups is 1. The SMILES string of the molecule is CC1CCC(Cn2c(-c3cc(C(C)C)ccn3)nc3nc(C(C)O)nc(N[C@H](C)C4CCC4)c32)CC1. The zero-order chi connectivity index (χ0) is 25.4. The molecule has 1 unspecified atom stereocenters. The van der Waals surface area contributed by atoms with Crippen LogP contribution in [-0.2, 0) is 6.54 Å². The van der Waals surface area contributed by atoms with Gasteiger partial charge in [-0.25, -0.2) is 15.0 Å². The van der Waals surface area contributed by atoms with Crippen molar-refractivity contribution in [3.8, 4) is 11.5 Å². The van der Waals surface area contributed by atoms with Crippen LogP contribution in [0.1, 0.15) is 103 Å². The highest BCUT2D eigenvalue weighted by molar-refractivity contribution is 5.87. The molecular formula is C29H42N6O. The van der Waals surface area contributed by atoms with Crippen LogP contribution < -0.4 is 5.32 Å². The summed E-state index contributed by atoms with van der Waals surface area (Å²) in [5.41, 5.74) is 3.70. The second-order valence-electron chi connectivity index (χ2n) is 11.7. The standard InChI is InChI=1S/C29H42N6O/c1-17(2)23-13-14-30-24(15-23)29-34-28-25(35(29)16-21-11-9-18(3)10-12-21)27(32-26(33-28)20(5)36)31-19(4)22-7-6-8-22/h13-15,17-22,36H,6-12,16H2,1-5H3,(H,31,32,33)/t18?,19-,20?,21?/m1/s1. The number of nitrogens with one attached hydrogen (secondary N) is 1. The first kappa shape index (κ1) is 25.1. The minimum Gasteiger partial charge on any atom is -0.385 e. The maximum Gasteiger partial charge on any atom is 0.184 e. The molecule has 0 spiro atoms. The van der Waals surface area contributed by atoms with E-state index in [1.54, 1.807) is 6.92 Å². The van der Waals surface area contributed by atoms with Crippen molar-refractivity contribution in [3.63, 3.8) is 0 Å². The summed E-state index contributed by atoms with van der Waals surface area (Å²) in [6, 6.07) is 4.56. The fraction of sp³-hybridized carbons (Fsp3) is 0.655. The fourth-order valence-corrected chi connectivity index (χ4v) is 5.69. The van der Waals surface area contributed by atoms with Gasteiger partial charge in [-0.2, -0.15) is 0 Å². The molecule has 36 heavy (non-hydrogen) atoms. The summed E-state index contributed by atoms with van der Waals surface area (Å²) < 4.78 is 2.32. The lowest BCUT2D eigenvalue weighted by atomic mass is 9.80. The number of aliphatic hydroxyl groups excluding tert-OH is 1. The molecule has 5 rings (SSSR count). The molecule has 2 aliphatic carbocycles. The molecule has 7 heteroatoms. The molecule has 2 aliphatic rings. The van der Waals surface area contributed by atoms with Crippen LogP contribution in [0.15, 0.2) is 18.3 Å². The van der Waals surface area contributed by atoms with Gasteiger partial charge in [0.2, 0.25) is 0 Å². The molecule has 2 N–H and O–H groups in total. The largest absolute Gasteiger partial charge is 0.385 e. The predicted molar refractivity (Wildman–Crippen MR) is 145 cm³/mol. The minimum atomic E-state index is -0.759. The predicted octanol–water partition coefficient (Wildman–Crippen LogP) is 6.49. The lowest BCUT2D eigenvalue weighted by Crippen LogP contribution is -2.31. The molecule has 3 aromatic heterocycles. The van der Waals surface area contributed by atoms with E-state index in [9.17, 15) is 5.11 Å². The quantitative estimate of drug-likeness (QED) is 0.375. The van der Waals surface area contributed by atoms with E-state index in [1.165, 1.54) is 50.5 Å². The van der Waals surface area contributed by atoms with Crippen molar-refractivity contribution < 1.29 is 5.11 Å². The van der Waals surface area contributed by atoms with E-state index in [1.807, 2.05) is 6.20 Å². The van der Waals surface area contributed by atoms with Crippen LogP contribution in [0, 0.1) is 17.8 Å². The molecular weight excluding hydrogens is 448 g/mol. The van der Waals surface area contributed by atoms with Crippen molar-refractivity contribution in [1.29, 1.82) is 0 Å². The Hall–Kier alpha value is -2.54. The minimum absolute atomic E-state index is 0.309. The van der Waals surface area contributed by atoms with Gasteiger partial charge in [0.25, 0.3) is 0 Å². The molecule has 2 atom stereocenters. The molecule has 0 aromatic carbocycles. The molecule has 0 saturated heterocycles. The highest BCUT2D eigenvalue weighted by Crippen LogP contribution is 2.36. The number of rotatable bonds is 8. The maximum absolute atomic E-state index is 10.4. The Labute approximate surface area is 215 Å². The molecule has 0 bridgehead atoms. The van der Waals surface area contributed by atoms with E-state index in [2.05, 4.69) is 49.7 Å². The Balaban J connectivity index is 1.65. The van der Waals surface area contributed by atoms with Gasteiger partial charge in [-0.15, -0.1) is 0 Å². The lowest BCUT2D eigenvalue weighted by molar-refractivity contribution is 0.189. The zero-order valence-electron chi connectivity index (χ0n) is 22.5.